The van der Waals surface area contributed by atoms with Crippen LogP contribution in [0.3, 0.4) is 0 Å². The van der Waals surface area contributed by atoms with Crippen molar-refractivity contribution in [1.82, 2.24) is 9.97 Å². The molecule has 0 bridgehead atoms. The summed E-state index contributed by atoms with van der Waals surface area (Å²) in [6, 6.07) is 1.38. The Morgan fingerprint density at radius 2 is 2.20 bits per heavy atom. The molecular weight excluding hydrogens is 306 g/mol. The molecule has 1 atom stereocenters. The second kappa shape index (κ2) is 5.92. The standard InChI is InChI=1S/C11H14ClN3O4S/c1-19-9-6-8(12)13-11(14-9)15-10(16)7-4-2-3-5-20(7,17)18/h6-7H,2-5H2,1H3,(H,13,14,15,16). The molecule has 1 aromatic heterocycles. The summed E-state index contributed by atoms with van der Waals surface area (Å²) in [6.45, 7) is 0. The fraction of sp³-hybridized carbons (Fsp3) is 0.545. The van der Waals surface area contributed by atoms with Crippen molar-refractivity contribution < 1.29 is 17.9 Å². The maximum Gasteiger partial charge on any atom is 0.245 e. The van der Waals surface area contributed by atoms with Gasteiger partial charge >= 0.3 is 0 Å². The van der Waals surface area contributed by atoms with E-state index >= 15 is 0 Å². The van der Waals surface area contributed by atoms with Gasteiger partial charge in [0, 0.05) is 6.07 Å². The van der Waals surface area contributed by atoms with Crippen molar-refractivity contribution >= 4 is 33.3 Å². The minimum absolute atomic E-state index is 0.0326. The fourth-order valence-corrected chi connectivity index (χ4v) is 3.97. The number of anilines is 1. The number of ether oxygens (including phenoxy) is 1. The summed E-state index contributed by atoms with van der Waals surface area (Å²) in [5.74, 6) is -0.480. The number of carbonyl (C=O) groups excluding carboxylic acids is 1. The molecule has 0 radical (unpaired) electrons. The lowest BCUT2D eigenvalue weighted by molar-refractivity contribution is -0.116. The summed E-state index contributed by atoms with van der Waals surface area (Å²) in [7, 11) is -2.00. The highest BCUT2D eigenvalue weighted by molar-refractivity contribution is 7.92. The average Bonchev–Trinajstić information content (AvgIpc) is 2.37. The first-order valence-corrected chi connectivity index (χ1v) is 8.13. The van der Waals surface area contributed by atoms with Gasteiger partial charge in [0.2, 0.25) is 17.7 Å². The Labute approximate surface area is 121 Å². The molecular formula is C11H14ClN3O4S. The molecule has 1 amide bonds. The SMILES string of the molecule is COc1cc(Cl)nc(NC(=O)C2CCCCS2(=O)=O)n1. The zero-order chi connectivity index (χ0) is 14.8. The largest absolute Gasteiger partial charge is 0.481 e. The number of carbonyl (C=O) groups is 1. The molecule has 1 aromatic rings. The zero-order valence-electron chi connectivity index (χ0n) is 10.8. The van der Waals surface area contributed by atoms with Crippen LogP contribution in [0.25, 0.3) is 0 Å². The highest BCUT2D eigenvalue weighted by Crippen LogP contribution is 2.21. The molecule has 7 nitrogen and oxygen atoms in total. The summed E-state index contributed by atoms with van der Waals surface area (Å²) >= 11 is 5.75. The average molecular weight is 320 g/mol. The van der Waals surface area contributed by atoms with E-state index in [1.54, 1.807) is 0 Å². The number of nitrogens with zero attached hydrogens (tertiary/aromatic N) is 2. The Kier molecular flexibility index (Phi) is 4.44. The highest BCUT2D eigenvalue weighted by atomic mass is 35.5. The van der Waals surface area contributed by atoms with Crippen molar-refractivity contribution in [3.8, 4) is 5.88 Å². The number of methoxy groups -OCH3 is 1. The molecule has 1 unspecified atom stereocenters. The lowest BCUT2D eigenvalue weighted by Gasteiger charge is -2.20. The van der Waals surface area contributed by atoms with Gasteiger partial charge in [-0.1, -0.05) is 18.0 Å². The third kappa shape index (κ3) is 3.37. The monoisotopic (exact) mass is 319 g/mol. The van der Waals surface area contributed by atoms with E-state index in [1.165, 1.54) is 13.2 Å². The fourth-order valence-electron chi connectivity index (χ4n) is 2.00. The summed E-state index contributed by atoms with van der Waals surface area (Å²) in [5.41, 5.74) is 0. The topological polar surface area (TPSA) is 98.2 Å². The molecule has 110 valence electrons. The lowest BCUT2D eigenvalue weighted by Crippen LogP contribution is -2.39. The molecule has 1 aliphatic rings. The van der Waals surface area contributed by atoms with Gasteiger partial charge in [-0.15, -0.1) is 0 Å². The van der Waals surface area contributed by atoms with Gasteiger partial charge in [-0.25, -0.2) is 13.4 Å². The Balaban J connectivity index is 2.17. The number of hydrogen-bond acceptors (Lipinski definition) is 6. The van der Waals surface area contributed by atoms with Crippen LogP contribution in [-0.4, -0.2) is 42.4 Å². The molecule has 20 heavy (non-hydrogen) atoms. The van der Waals surface area contributed by atoms with E-state index in [9.17, 15) is 13.2 Å². The Morgan fingerprint density at radius 1 is 1.45 bits per heavy atom. The van der Waals surface area contributed by atoms with E-state index in [2.05, 4.69) is 15.3 Å². The van der Waals surface area contributed by atoms with Crippen LogP contribution in [0, 0.1) is 0 Å². The first-order chi connectivity index (χ1) is 9.42. The Bertz CT molecular complexity index is 620. The molecule has 1 N–H and O–H groups in total. The van der Waals surface area contributed by atoms with Crippen LogP contribution < -0.4 is 10.1 Å². The van der Waals surface area contributed by atoms with Crippen LogP contribution in [0.2, 0.25) is 5.15 Å². The maximum absolute atomic E-state index is 12.0. The second-order valence-electron chi connectivity index (χ2n) is 4.40. The van der Waals surface area contributed by atoms with Crippen molar-refractivity contribution in [2.75, 3.05) is 18.2 Å². The lowest BCUT2D eigenvalue weighted by atomic mass is 10.2. The smallest absolute Gasteiger partial charge is 0.245 e. The summed E-state index contributed by atoms with van der Waals surface area (Å²) in [5, 5.41) is 1.42. The van der Waals surface area contributed by atoms with Crippen molar-refractivity contribution in [3.05, 3.63) is 11.2 Å². The van der Waals surface area contributed by atoms with Crippen LogP contribution in [0.5, 0.6) is 5.88 Å². The van der Waals surface area contributed by atoms with Gasteiger partial charge in [-0.05, 0) is 12.8 Å². The van der Waals surface area contributed by atoms with Gasteiger partial charge < -0.3 is 4.74 Å². The van der Waals surface area contributed by atoms with Gasteiger partial charge in [-0.2, -0.15) is 4.98 Å². The molecule has 0 saturated carbocycles. The number of aromatic nitrogens is 2. The number of amides is 1. The number of sulfone groups is 1. The second-order valence-corrected chi connectivity index (χ2v) is 7.09. The normalized spacial score (nSPS) is 21.2. The van der Waals surface area contributed by atoms with Gasteiger partial charge in [0.1, 0.15) is 10.4 Å². The Hall–Kier alpha value is -1.41. The van der Waals surface area contributed by atoms with E-state index in [-0.39, 0.29) is 22.7 Å². The molecule has 0 aliphatic carbocycles. The third-order valence-corrected chi connectivity index (χ3v) is 5.35. The van der Waals surface area contributed by atoms with E-state index in [0.717, 1.165) is 0 Å². The van der Waals surface area contributed by atoms with Crippen LogP contribution in [0.4, 0.5) is 5.95 Å². The van der Waals surface area contributed by atoms with Crippen molar-refractivity contribution in [2.24, 2.45) is 0 Å². The van der Waals surface area contributed by atoms with Crippen LogP contribution in [-0.2, 0) is 14.6 Å². The third-order valence-electron chi connectivity index (χ3n) is 2.99. The number of nitrogens with one attached hydrogen (secondary N) is 1. The van der Waals surface area contributed by atoms with E-state index < -0.39 is 21.0 Å². The summed E-state index contributed by atoms with van der Waals surface area (Å²) < 4.78 is 28.6. The van der Waals surface area contributed by atoms with Crippen molar-refractivity contribution in [3.63, 3.8) is 0 Å². The number of hydrogen-bond donors (Lipinski definition) is 1. The van der Waals surface area contributed by atoms with E-state index in [4.69, 9.17) is 16.3 Å². The summed E-state index contributed by atoms with van der Waals surface area (Å²) in [4.78, 5) is 19.7. The first-order valence-electron chi connectivity index (χ1n) is 6.03. The number of halogens is 1. The van der Waals surface area contributed by atoms with Crippen LogP contribution >= 0.6 is 11.6 Å². The predicted molar refractivity (Wildman–Crippen MR) is 73.6 cm³/mol. The predicted octanol–water partition coefficient (Wildman–Crippen LogP) is 1.04. The molecule has 1 aliphatic heterocycles. The number of rotatable bonds is 3. The van der Waals surface area contributed by atoms with Crippen molar-refractivity contribution in [2.45, 2.75) is 24.5 Å². The van der Waals surface area contributed by atoms with E-state index in [1.807, 2.05) is 0 Å². The van der Waals surface area contributed by atoms with E-state index in [0.29, 0.717) is 19.3 Å². The molecule has 0 aromatic carbocycles. The molecule has 0 spiro atoms. The first kappa shape index (κ1) is 15.0. The van der Waals surface area contributed by atoms with Gasteiger partial charge in [0.15, 0.2) is 9.84 Å². The van der Waals surface area contributed by atoms with Gasteiger partial charge in [0.05, 0.1) is 12.9 Å². The zero-order valence-corrected chi connectivity index (χ0v) is 12.4. The Morgan fingerprint density at radius 3 is 2.85 bits per heavy atom. The molecule has 2 rings (SSSR count). The van der Waals surface area contributed by atoms with Crippen LogP contribution in [0.15, 0.2) is 6.07 Å². The molecule has 1 saturated heterocycles. The maximum atomic E-state index is 12.0. The molecule has 9 heteroatoms. The van der Waals surface area contributed by atoms with Gasteiger partial charge in [0.25, 0.3) is 0 Å². The summed E-state index contributed by atoms with van der Waals surface area (Å²) in [6.07, 6.45) is 1.61. The van der Waals surface area contributed by atoms with Crippen molar-refractivity contribution in [1.29, 1.82) is 0 Å². The van der Waals surface area contributed by atoms with Crippen LogP contribution in [0.1, 0.15) is 19.3 Å². The minimum Gasteiger partial charge on any atom is -0.481 e. The molecule has 1 fully saturated rings. The highest BCUT2D eigenvalue weighted by Gasteiger charge is 2.35. The van der Waals surface area contributed by atoms with Gasteiger partial charge in [-0.3, -0.25) is 10.1 Å². The quantitative estimate of drug-likeness (QED) is 0.836. The minimum atomic E-state index is -3.40. The molecule has 2 heterocycles.